The standard InChI is InChI=1S/C17H23N3O/c1-3-18-15-10-8-14(9-11-15)17-19-16(20-21-17)13-6-4-12(2)5-7-13/h4-7,14-15,18H,3,8-11H2,1-2H3. The average Bonchev–Trinajstić information content (AvgIpc) is 2.99. The maximum Gasteiger partial charge on any atom is 0.230 e. The first-order valence-corrected chi connectivity index (χ1v) is 7.90. The molecule has 112 valence electrons. The lowest BCUT2D eigenvalue weighted by atomic mass is 9.86. The maximum absolute atomic E-state index is 5.50. The van der Waals surface area contributed by atoms with E-state index in [4.69, 9.17) is 4.52 Å². The van der Waals surface area contributed by atoms with E-state index in [0.29, 0.717) is 17.8 Å². The van der Waals surface area contributed by atoms with Gasteiger partial charge < -0.3 is 9.84 Å². The number of aromatic nitrogens is 2. The van der Waals surface area contributed by atoms with Gasteiger partial charge in [-0.05, 0) is 39.2 Å². The Morgan fingerprint density at radius 2 is 1.86 bits per heavy atom. The quantitative estimate of drug-likeness (QED) is 0.931. The highest BCUT2D eigenvalue weighted by molar-refractivity contribution is 5.54. The molecule has 4 nitrogen and oxygen atoms in total. The van der Waals surface area contributed by atoms with E-state index in [1.165, 1.54) is 18.4 Å². The van der Waals surface area contributed by atoms with Gasteiger partial charge in [0.1, 0.15) is 0 Å². The van der Waals surface area contributed by atoms with Crippen molar-refractivity contribution in [2.75, 3.05) is 6.54 Å². The minimum atomic E-state index is 0.423. The van der Waals surface area contributed by atoms with Crippen LogP contribution in [0.4, 0.5) is 0 Å². The second-order valence-corrected chi connectivity index (χ2v) is 5.93. The highest BCUT2D eigenvalue weighted by Crippen LogP contribution is 2.32. The summed E-state index contributed by atoms with van der Waals surface area (Å²) in [6, 6.07) is 8.91. The molecule has 3 rings (SSSR count). The monoisotopic (exact) mass is 285 g/mol. The minimum Gasteiger partial charge on any atom is -0.339 e. The molecule has 0 atom stereocenters. The van der Waals surface area contributed by atoms with Crippen molar-refractivity contribution in [3.05, 3.63) is 35.7 Å². The van der Waals surface area contributed by atoms with Crippen LogP contribution in [0.2, 0.25) is 0 Å². The van der Waals surface area contributed by atoms with E-state index in [-0.39, 0.29) is 0 Å². The molecule has 1 aliphatic rings. The van der Waals surface area contributed by atoms with E-state index in [9.17, 15) is 0 Å². The van der Waals surface area contributed by atoms with Crippen LogP contribution in [0, 0.1) is 6.92 Å². The largest absolute Gasteiger partial charge is 0.339 e. The first kappa shape index (κ1) is 14.3. The van der Waals surface area contributed by atoms with Crippen molar-refractivity contribution < 1.29 is 4.52 Å². The molecule has 1 aromatic carbocycles. The smallest absolute Gasteiger partial charge is 0.230 e. The van der Waals surface area contributed by atoms with Crippen LogP contribution in [0.15, 0.2) is 28.8 Å². The molecule has 0 aliphatic heterocycles. The predicted molar refractivity (Wildman–Crippen MR) is 83.1 cm³/mol. The Bertz CT molecular complexity index is 568. The van der Waals surface area contributed by atoms with Crippen LogP contribution in [0.3, 0.4) is 0 Å². The summed E-state index contributed by atoms with van der Waals surface area (Å²) in [7, 11) is 0. The van der Waals surface area contributed by atoms with E-state index >= 15 is 0 Å². The van der Waals surface area contributed by atoms with E-state index in [0.717, 1.165) is 30.8 Å². The molecule has 0 saturated heterocycles. The summed E-state index contributed by atoms with van der Waals surface area (Å²) >= 11 is 0. The third kappa shape index (κ3) is 3.32. The van der Waals surface area contributed by atoms with Crippen molar-refractivity contribution in [1.82, 2.24) is 15.5 Å². The molecular formula is C17H23N3O. The molecular weight excluding hydrogens is 262 g/mol. The first-order chi connectivity index (χ1) is 10.3. The van der Waals surface area contributed by atoms with Crippen molar-refractivity contribution in [2.45, 2.75) is 51.5 Å². The summed E-state index contributed by atoms with van der Waals surface area (Å²) in [6.07, 6.45) is 4.65. The van der Waals surface area contributed by atoms with E-state index in [2.05, 4.69) is 41.4 Å². The second kappa shape index (κ2) is 6.39. The number of nitrogens with one attached hydrogen (secondary N) is 1. The zero-order valence-corrected chi connectivity index (χ0v) is 12.8. The molecule has 0 amide bonds. The Kier molecular flexibility index (Phi) is 4.34. The Hall–Kier alpha value is -1.68. The van der Waals surface area contributed by atoms with Crippen molar-refractivity contribution in [3.8, 4) is 11.4 Å². The van der Waals surface area contributed by atoms with Crippen LogP contribution in [0.1, 0.15) is 50.0 Å². The maximum atomic E-state index is 5.50. The summed E-state index contributed by atoms with van der Waals surface area (Å²) in [4.78, 5) is 4.61. The summed E-state index contributed by atoms with van der Waals surface area (Å²) in [6.45, 7) is 5.29. The van der Waals surface area contributed by atoms with E-state index in [1.807, 2.05) is 12.1 Å². The van der Waals surface area contributed by atoms with Crippen LogP contribution in [-0.2, 0) is 0 Å². The van der Waals surface area contributed by atoms with Crippen LogP contribution in [0.25, 0.3) is 11.4 Å². The number of rotatable bonds is 4. The number of aryl methyl sites for hydroxylation is 1. The van der Waals surface area contributed by atoms with E-state index in [1.54, 1.807) is 0 Å². The van der Waals surface area contributed by atoms with Gasteiger partial charge in [-0.2, -0.15) is 4.98 Å². The number of hydrogen-bond donors (Lipinski definition) is 1. The molecule has 1 N–H and O–H groups in total. The SMILES string of the molecule is CCNC1CCC(c2nc(-c3ccc(C)cc3)no2)CC1. The Morgan fingerprint density at radius 3 is 2.52 bits per heavy atom. The normalized spacial score (nSPS) is 22.4. The molecule has 0 bridgehead atoms. The van der Waals surface area contributed by atoms with Gasteiger partial charge in [-0.3, -0.25) is 0 Å². The zero-order valence-electron chi connectivity index (χ0n) is 12.8. The molecule has 21 heavy (non-hydrogen) atoms. The zero-order chi connectivity index (χ0) is 14.7. The molecule has 0 spiro atoms. The third-order valence-corrected chi connectivity index (χ3v) is 4.32. The van der Waals surface area contributed by atoms with Crippen molar-refractivity contribution in [1.29, 1.82) is 0 Å². The predicted octanol–water partition coefficient (Wildman–Crippen LogP) is 3.68. The number of benzene rings is 1. The topological polar surface area (TPSA) is 51.0 Å². The molecule has 2 aromatic rings. The average molecular weight is 285 g/mol. The fraction of sp³-hybridized carbons (Fsp3) is 0.529. The highest BCUT2D eigenvalue weighted by atomic mass is 16.5. The summed E-state index contributed by atoms with van der Waals surface area (Å²) in [5.41, 5.74) is 2.26. The summed E-state index contributed by atoms with van der Waals surface area (Å²) in [5, 5.41) is 7.67. The van der Waals surface area contributed by atoms with Crippen molar-refractivity contribution in [3.63, 3.8) is 0 Å². The van der Waals surface area contributed by atoms with Gasteiger partial charge >= 0.3 is 0 Å². The van der Waals surface area contributed by atoms with Gasteiger partial charge in [0.2, 0.25) is 11.7 Å². The number of nitrogens with zero attached hydrogens (tertiary/aromatic N) is 2. The summed E-state index contributed by atoms with van der Waals surface area (Å²) in [5.74, 6) is 1.94. The van der Waals surface area contributed by atoms with Crippen LogP contribution in [0.5, 0.6) is 0 Å². The van der Waals surface area contributed by atoms with Gasteiger partial charge in [0, 0.05) is 17.5 Å². The number of hydrogen-bond acceptors (Lipinski definition) is 4. The third-order valence-electron chi connectivity index (χ3n) is 4.32. The minimum absolute atomic E-state index is 0.423. The van der Waals surface area contributed by atoms with Gasteiger partial charge in [-0.1, -0.05) is 41.9 Å². The first-order valence-electron chi connectivity index (χ1n) is 7.90. The van der Waals surface area contributed by atoms with Crippen LogP contribution < -0.4 is 5.32 Å². The molecule has 1 fully saturated rings. The van der Waals surface area contributed by atoms with Crippen molar-refractivity contribution in [2.24, 2.45) is 0 Å². The molecule has 4 heteroatoms. The van der Waals surface area contributed by atoms with Gasteiger partial charge in [0.15, 0.2) is 0 Å². The van der Waals surface area contributed by atoms with Gasteiger partial charge in [0.05, 0.1) is 0 Å². The molecule has 0 radical (unpaired) electrons. The second-order valence-electron chi connectivity index (χ2n) is 5.93. The lowest BCUT2D eigenvalue weighted by Gasteiger charge is -2.26. The Balaban J connectivity index is 1.67. The van der Waals surface area contributed by atoms with Crippen LogP contribution in [-0.4, -0.2) is 22.7 Å². The lowest BCUT2D eigenvalue weighted by molar-refractivity contribution is 0.285. The van der Waals surface area contributed by atoms with Gasteiger partial charge in [0.25, 0.3) is 0 Å². The molecule has 0 unspecified atom stereocenters. The van der Waals surface area contributed by atoms with E-state index < -0.39 is 0 Å². The summed E-state index contributed by atoms with van der Waals surface area (Å²) < 4.78 is 5.50. The van der Waals surface area contributed by atoms with Crippen LogP contribution >= 0.6 is 0 Å². The molecule has 1 aliphatic carbocycles. The molecule has 1 saturated carbocycles. The lowest BCUT2D eigenvalue weighted by Crippen LogP contribution is -2.32. The fourth-order valence-electron chi connectivity index (χ4n) is 3.05. The molecule has 1 aromatic heterocycles. The van der Waals surface area contributed by atoms with Gasteiger partial charge in [-0.25, -0.2) is 0 Å². The molecule has 1 heterocycles. The Morgan fingerprint density at radius 1 is 1.14 bits per heavy atom. The fourth-order valence-corrected chi connectivity index (χ4v) is 3.05. The Labute approximate surface area is 126 Å². The van der Waals surface area contributed by atoms with Crippen molar-refractivity contribution >= 4 is 0 Å². The van der Waals surface area contributed by atoms with Gasteiger partial charge in [-0.15, -0.1) is 0 Å². The highest BCUT2D eigenvalue weighted by Gasteiger charge is 2.26.